The lowest BCUT2D eigenvalue weighted by Gasteiger charge is -2.34. The van der Waals surface area contributed by atoms with Crippen LogP contribution in [0.5, 0.6) is 6.01 Å². The molecule has 10 heteroatoms. The van der Waals surface area contributed by atoms with Crippen molar-refractivity contribution in [2.45, 2.75) is 63.6 Å². The summed E-state index contributed by atoms with van der Waals surface area (Å²) in [6.07, 6.45) is 9.25. The minimum absolute atomic E-state index is 0.0411. The van der Waals surface area contributed by atoms with Crippen molar-refractivity contribution in [3.63, 3.8) is 0 Å². The van der Waals surface area contributed by atoms with Gasteiger partial charge < -0.3 is 20.1 Å². The minimum atomic E-state index is -0.859. The van der Waals surface area contributed by atoms with Gasteiger partial charge in [0.25, 0.3) is 0 Å². The molecule has 1 aliphatic carbocycles. The third kappa shape index (κ3) is 5.59. The molecule has 0 saturated carbocycles. The number of fused-ring (bicyclic) bond motifs is 4. The highest BCUT2D eigenvalue weighted by Gasteiger charge is 2.35. The molecule has 4 heterocycles. The summed E-state index contributed by atoms with van der Waals surface area (Å²) < 4.78 is 53.9. The number of nitrogens with one attached hydrogen (secondary N) is 1. The largest absolute Gasteiger partial charge is 0.508 e. The average molecular weight is 618 g/mol. The predicted octanol–water partition coefficient (Wildman–Crippen LogP) is 6.12. The van der Waals surface area contributed by atoms with Gasteiger partial charge in [-0.25, -0.2) is 13.2 Å². The van der Waals surface area contributed by atoms with Crippen LogP contribution < -0.4 is 15.0 Å². The number of aliphatic hydroxyl groups excluding tert-OH is 1. The number of nitrogens with zero attached hydrogens (tertiary/aromatic N) is 4. The Kier molecular flexibility index (Phi) is 8.03. The molecule has 236 valence electrons. The second-order valence-corrected chi connectivity index (χ2v) is 12.6. The Morgan fingerprint density at radius 2 is 1.89 bits per heavy atom. The molecule has 3 unspecified atom stereocenters. The van der Waals surface area contributed by atoms with E-state index in [-0.39, 0.29) is 64.2 Å². The van der Waals surface area contributed by atoms with Crippen LogP contribution in [0.15, 0.2) is 42.7 Å². The summed E-state index contributed by atoms with van der Waals surface area (Å²) in [5.74, 6) is -1.75. The topological polar surface area (TPSA) is 73.8 Å². The van der Waals surface area contributed by atoms with Crippen molar-refractivity contribution in [3.05, 3.63) is 82.4 Å². The fourth-order valence-corrected chi connectivity index (χ4v) is 7.58. The number of allylic oxidation sites excluding steroid dienone is 2. The van der Waals surface area contributed by atoms with E-state index in [1.54, 1.807) is 6.07 Å². The lowest BCUT2D eigenvalue weighted by Crippen LogP contribution is -2.51. The Morgan fingerprint density at radius 3 is 2.64 bits per heavy atom. The molecule has 3 fully saturated rings. The van der Waals surface area contributed by atoms with E-state index in [0.717, 1.165) is 38.8 Å². The van der Waals surface area contributed by atoms with Gasteiger partial charge in [0.2, 0.25) is 0 Å². The Labute approximate surface area is 261 Å². The average Bonchev–Trinajstić information content (AvgIpc) is 3.56. The Balaban J connectivity index is 1.32. The molecule has 4 aliphatic rings. The van der Waals surface area contributed by atoms with E-state index in [1.165, 1.54) is 24.3 Å². The van der Waals surface area contributed by atoms with Gasteiger partial charge in [-0.15, -0.1) is 6.58 Å². The maximum absolute atomic E-state index is 16.8. The van der Waals surface area contributed by atoms with Gasteiger partial charge in [-0.1, -0.05) is 19.1 Å². The van der Waals surface area contributed by atoms with Crippen LogP contribution in [0.4, 0.5) is 19.0 Å². The van der Waals surface area contributed by atoms with Gasteiger partial charge in [-0.3, -0.25) is 4.90 Å². The van der Waals surface area contributed by atoms with E-state index in [9.17, 15) is 9.50 Å². The molecule has 3 atom stereocenters. The lowest BCUT2D eigenvalue weighted by molar-refractivity contribution is 0.176. The molecular formula is C35H38F3N5O2. The van der Waals surface area contributed by atoms with Crippen LogP contribution in [0.25, 0.3) is 22.6 Å². The first-order chi connectivity index (χ1) is 21.8. The standard InChI is InChI=1S/C35H38F3N5O2/c1-3-11-42-12-5-6-24(42)19-45-35-40-33-28(34(41-35)43-17-22-8-9-23(18-43)39-22)16-30(37)31(32(33)38)21-14-25(44)13-20-7-10-29(36)26(4-2)27(20)15-21/h3,7,10,13-14,16,22-24,39,44H,1,4-6,8-9,11-12,15,17-19H2,2H3. The summed E-state index contributed by atoms with van der Waals surface area (Å²) in [6, 6.07) is 4.98. The van der Waals surface area contributed by atoms with E-state index >= 15 is 8.78 Å². The molecule has 7 nitrogen and oxygen atoms in total. The summed E-state index contributed by atoms with van der Waals surface area (Å²) in [5, 5.41) is 14.6. The van der Waals surface area contributed by atoms with Crippen molar-refractivity contribution in [3.8, 4) is 6.01 Å². The number of rotatable bonds is 8. The van der Waals surface area contributed by atoms with Crippen LogP contribution in [0.2, 0.25) is 0 Å². The van der Waals surface area contributed by atoms with Crippen molar-refractivity contribution in [1.82, 2.24) is 20.2 Å². The zero-order valence-electron chi connectivity index (χ0n) is 25.5. The number of likely N-dealkylation sites (tertiary alicyclic amines) is 1. The van der Waals surface area contributed by atoms with E-state index in [2.05, 4.69) is 26.7 Å². The second kappa shape index (κ2) is 12.1. The first kappa shape index (κ1) is 29.8. The first-order valence-electron chi connectivity index (χ1n) is 15.9. The van der Waals surface area contributed by atoms with E-state index in [4.69, 9.17) is 9.72 Å². The number of piperazine rings is 1. The number of aromatic nitrogens is 2. The molecule has 3 aliphatic heterocycles. The molecule has 3 aromatic rings. The number of aliphatic hydroxyl groups is 1. The maximum atomic E-state index is 16.8. The first-order valence-corrected chi connectivity index (χ1v) is 15.9. The fraction of sp³-hybridized carbons (Fsp3) is 0.429. The molecule has 0 amide bonds. The van der Waals surface area contributed by atoms with E-state index in [1.807, 2.05) is 13.0 Å². The number of ether oxygens (including phenoxy) is 1. The SMILES string of the molecule is C=CCN1CCCC1COc1nc(N2CC3CCC(C2)N3)c2cc(F)c(C3=CC(O)=Cc4ccc(F)c(CC)c4C3)c(F)c2n1. The quantitative estimate of drug-likeness (QED) is 0.295. The van der Waals surface area contributed by atoms with E-state index < -0.39 is 11.6 Å². The molecule has 7 rings (SSSR count). The summed E-state index contributed by atoms with van der Waals surface area (Å²) in [7, 11) is 0. The molecule has 0 spiro atoms. The molecule has 45 heavy (non-hydrogen) atoms. The van der Waals surface area contributed by atoms with Crippen LogP contribution in [-0.4, -0.2) is 70.9 Å². The van der Waals surface area contributed by atoms with Crippen molar-refractivity contribution in [1.29, 1.82) is 0 Å². The van der Waals surface area contributed by atoms with Gasteiger partial charge in [0.15, 0.2) is 5.82 Å². The van der Waals surface area contributed by atoms with Crippen molar-refractivity contribution < 1.29 is 23.0 Å². The minimum Gasteiger partial charge on any atom is -0.508 e. The van der Waals surface area contributed by atoms with Gasteiger partial charge >= 0.3 is 6.01 Å². The zero-order valence-corrected chi connectivity index (χ0v) is 25.5. The molecule has 2 aromatic carbocycles. The molecular weight excluding hydrogens is 579 g/mol. The van der Waals surface area contributed by atoms with E-state index in [0.29, 0.717) is 48.6 Å². The summed E-state index contributed by atoms with van der Waals surface area (Å²) >= 11 is 0. The van der Waals surface area contributed by atoms with Crippen molar-refractivity contribution >= 4 is 28.4 Å². The molecule has 3 saturated heterocycles. The number of anilines is 1. The molecule has 0 radical (unpaired) electrons. The van der Waals surface area contributed by atoms with Gasteiger partial charge in [-0.2, -0.15) is 9.97 Å². The van der Waals surface area contributed by atoms with Crippen LogP contribution in [0.1, 0.15) is 54.9 Å². The molecule has 1 aromatic heterocycles. The highest BCUT2D eigenvalue weighted by Crippen LogP contribution is 2.39. The lowest BCUT2D eigenvalue weighted by atomic mass is 9.90. The monoisotopic (exact) mass is 617 g/mol. The van der Waals surface area contributed by atoms with Crippen molar-refractivity contribution in [2.75, 3.05) is 37.7 Å². The predicted molar refractivity (Wildman–Crippen MR) is 170 cm³/mol. The summed E-state index contributed by atoms with van der Waals surface area (Å²) in [5.41, 5.74) is 1.52. The highest BCUT2D eigenvalue weighted by molar-refractivity contribution is 5.93. The molecule has 2 bridgehead atoms. The molecule has 2 N–H and O–H groups in total. The van der Waals surface area contributed by atoms with Crippen LogP contribution in [0.3, 0.4) is 0 Å². The number of hydrogen-bond donors (Lipinski definition) is 2. The summed E-state index contributed by atoms with van der Waals surface area (Å²) in [6.45, 7) is 9.06. The number of halogens is 3. The Bertz CT molecular complexity index is 1710. The zero-order chi connectivity index (χ0) is 31.2. The summed E-state index contributed by atoms with van der Waals surface area (Å²) in [4.78, 5) is 13.7. The maximum Gasteiger partial charge on any atom is 0.319 e. The van der Waals surface area contributed by atoms with Gasteiger partial charge in [0.1, 0.15) is 35.3 Å². The van der Waals surface area contributed by atoms with Crippen LogP contribution in [0, 0.1) is 17.5 Å². The second-order valence-electron chi connectivity index (χ2n) is 12.6. The Morgan fingerprint density at radius 1 is 1.09 bits per heavy atom. The highest BCUT2D eigenvalue weighted by atomic mass is 19.1. The van der Waals surface area contributed by atoms with Crippen molar-refractivity contribution in [2.24, 2.45) is 0 Å². The van der Waals surface area contributed by atoms with Crippen LogP contribution in [-0.2, 0) is 12.8 Å². The smallest absolute Gasteiger partial charge is 0.319 e. The van der Waals surface area contributed by atoms with Crippen LogP contribution >= 0.6 is 0 Å². The van der Waals surface area contributed by atoms with Gasteiger partial charge in [-0.05, 0) is 91.6 Å². The van der Waals surface area contributed by atoms with Gasteiger partial charge in [0, 0.05) is 43.1 Å². The fourth-order valence-electron chi connectivity index (χ4n) is 7.58. The Hall–Kier alpha value is -3.89. The number of hydrogen-bond acceptors (Lipinski definition) is 7. The normalized spacial score (nSPS) is 23.1. The third-order valence-electron chi connectivity index (χ3n) is 9.70. The van der Waals surface area contributed by atoms with Gasteiger partial charge in [0.05, 0.1) is 5.56 Å². The number of benzene rings is 2. The third-order valence-corrected chi connectivity index (χ3v) is 9.70.